The van der Waals surface area contributed by atoms with Crippen LogP contribution in [0.25, 0.3) is 11.0 Å². The number of imidazole rings is 1. The molecule has 32 heavy (non-hydrogen) atoms. The number of halogens is 5. The van der Waals surface area contributed by atoms with Gasteiger partial charge >= 0.3 is 6.36 Å². The Morgan fingerprint density at radius 3 is 2.53 bits per heavy atom. The Hall–Kier alpha value is -3.24. The van der Waals surface area contributed by atoms with Crippen molar-refractivity contribution in [2.24, 2.45) is 0 Å². The summed E-state index contributed by atoms with van der Waals surface area (Å²) >= 11 is 9.12. The molecule has 4 rings (SSSR count). The Morgan fingerprint density at radius 1 is 1.06 bits per heavy atom. The van der Waals surface area contributed by atoms with Crippen LogP contribution in [0.5, 0.6) is 5.75 Å². The molecular formula is C21H13BrClF3N4O2. The molecule has 0 aliphatic heterocycles. The van der Waals surface area contributed by atoms with E-state index >= 15 is 0 Å². The van der Waals surface area contributed by atoms with Crippen LogP contribution >= 0.6 is 27.5 Å². The van der Waals surface area contributed by atoms with Crippen LogP contribution in [0.3, 0.4) is 0 Å². The van der Waals surface area contributed by atoms with Gasteiger partial charge in [0.25, 0.3) is 5.91 Å². The minimum Gasteiger partial charge on any atom is -0.404 e. The van der Waals surface area contributed by atoms with Gasteiger partial charge in [-0.1, -0.05) is 27.5 Å². The molecule has 164 valence electrons. The number of H-pyrrole nitrogens is 1. The highest BCUT2D eigenvalue weighted by atomic mass is 79.9. The van der Waals surface area contributed by atoms with Gasteiger partial charge in [-0.3, -0.25) is 4.79 Å². The summed E-state index contributed by atoms with van der Waals surface area (Å²) in [5.74, 6) is -0.662. The van der Waals surface area contributed by atoms with Gasteiger partial charge in [0, 0.05) is 26.8 Å². The third-order valence-corrected chi connectivity index (χ3v) is 5.03. The Bertz CT molecular complexity index is 1290. The standard InChI is InChI=1S/C21H13BrClF3N4O2/c22-12-2-5-14(6-3-12)27-19(31)11-1-7-15-17(9-11)30-20(28-15)29-16-8-4-13(23)10-18(16)32-21(24,25)26/h1-10H,(H,27,31)(H2,28,29,30). The van der Waals surface area contributed by atoms with Crippen molar-refractivity contribution in [1.82, 2.24) is 9.97 Å². The van der Waals surface area contributed by atoms with Crippen LogP contribution in [-0.2, 0) is 0 Å². The molecule has 11 heteroatoms. The lowest BCUT2D eigenvalue weighted by Crippen LogP contribution is -2.18. The Morgan fingerprint density at radius 2 is 1.81 bits per heavy atom. The quantitative estimate of drug-likeness (QED) is 0.266. The lowest BCUT2D eigenvalue weighted by atomic mass is 10.2. The first-order chi connectivity index (χ1) is 15.2. The highest BCUT2D eigenvalue weighted by Gasteiger charge is 2.32. The topological polar surface area (TPSA) is 79.0 Å². The third kappa shape index (κ3) is 5.32. The number of hydrogen-bond acceptors (Lipinski definition) is 4. The van der Waals surface area contributed by atoms with Gasteiger partial charge in [0.1, 0.15) is 0 Å². The number of amides is 1. The van der Waals surface area contributed by atoms with Crippen LogP contribution in [0.2, 0.25) is 5.02 Å². The summed E-state index contributed by atoms with van der Waals surface area (Å²) in [6.07, 6.45) is -4.88. The molecule has 0 fully saturated rings. The number of fused-ring (bicyclic) bond motifs is 1. The summed E-state index contributed by atoms with van der Waals surface area (Å²) in [5.41, 5.74) is 2.04. The van der Waals surface area contributed by atoms with Crippen LogP contribution in [0, 0.1) is 0 Å². The lowest BCUT2D eigenvalue weighted by Gasteiger charge is -2.13. The van der Waals surface area contributed by atoms with E-state index in [-0.39, 0.29) is 22.6 Å². The predicted octanol–water partition coefficient (Wildman–Crippen LogP) is 6.87. The monoisotopic (exact) mass is 524 g/mol. The van der Waals surface area contributed by atoms with Gasteiger partial charge in [0.15, 0.2) is 5.75 Å². The van der Waals surface area contributed by atoms with Gasteiger partial charge in [-0.2, -0.15) is 0 Å². The SMILES string of the molecule is O=C(Nc1ccc(Br)cc1)c1ccc2[nH]c(Nc3ccc(Cl)cc3OC(F)(F)F)nc2c1. The summed E-state index contributed by atoms with van der Waals surface area (Å²) in [7, 11) is 0. The van der Waals surface area contributed by atoms with E-state index in [2.05, 4.69) is 41.3 Å². The predicted molar refractivity (Wildman–Crippen MR) is 120 cm³/mol. The number of aromatic nitrogens is 2. The largest absolute Gasteiger partial charge is 0.573 e. The molecule has 0 atom stereocenters. The van der Waals surface area contributed by atoms with E-state index in [1.165, 1.54) is 12.1 Å². The van der Waals surface area contributed by atoms with Crippen molar-refractivity contribution in [1.29, 1.82) is 0 Å². The number of aromatic amines is 1. The summed E-state index contributed by atoms with van der Waals surface area (Å²) in [6.45, 7) is 0. The summed E-state index contributed by atoms with van der Waals surface area (Å²) < 4.78 is 43.0. The molecule has 0 saturated heterocycles. The third-order valence-electron chi connectivity index (χ3n) is 4.27. The van der Waals surface area contributed by atoms with E-state index in [9.17, 15) is 18.0 Å². The zero-order valence-electron chi connectivity index (χ0n) is 15.9. The smallest absolute Gasteiger partial charge is 0.404 e. The zero-order valence-corrected chi connectivity index (χ0v) is 18.3. The number of nitrogens with zero attached hydrogens (tertiary/aromatic N) is 1. The number of anilines is 3. The number of nitrogens with one attached hydrogen (secondary N) is 3. The second kappa shape index (κ2) is 8.71. The Kier molecular flexibility index (Phi) is 5.98. The van der Waals surface area contributed by atoms with Crippen LogP contribution in [0.4, 0.5) is 30.5 Å². The van der Waals surface area contributed by atoms with Gasteiger partial charge in [0.05, 0.1) is 16.7 Å². The summed E-state index contributed by atoms with van der Waals surface area (Å²) in [4.78, 5) is 19.8. The molecule has 3 aromatic carbocycles. The van der Waals surface area contributed by atoms with Crippen molar-refractivity contribution in [3.05, 3.63) is 75.7 Å². The molecule has 6 nitrogen and oxygen atoms in total. The second-order valence-corrected chi connectivity index (χ2v) is 7.94. The van der Waals surface area contributed by atoms with Gasteiger partial charge in [-0.25, -0.2) is 4.98 Å². The minimum absolute atomic E-state index is 0.0130. The van der Waals surface area contributed by atoms with Crippen molar-refractivity contribution in [3.63, 3.8) is 0 Å². The minimum atomic E-state index is -4.88. The molecule has 1 amide bonds. The van der Waals surface area contributed by atoms with Gasteiger partial charge in [0.2, 0.25) is 5.95 Å². The zero-order chi connectivity index (χ0) is 22.9. The van der Waals surface area contributed by atoms with Gasteiger partial charge < -0.3 is 20.4 Å². The number of rotatable bonds is 5. The molecule has 0 aliphatic rings. The number of hydrogen-bond donors (Lipinski definition) is 3. The van der Waals surface area contributed by atoms with Crippen LogP contribution in [0.1, 0.15) is 10.4 Å². The number of alkyl halides is 3. The van der Waals surface area contributed by atoms with Crippen molar-refractivity contribution >= 4 is 61.8 Å². The molecule has 0 spiro atoms. The van der Waals surface area contributed by atoms with Gasteiger partial charge in [-0.15, -0.1) is 13.2 Å². The summed E-state index contributed by atoms with van der Waals surface area (Å²) in [6, 6.07) is 15.8. The fourth-order valence-corrected chi connectivity index (χ4v) is 3.31. The van der Waals surface area contributed by atoms with Crippen LogP contribution in [0.15, 0.2) is 65.1 Å². The van der Waals surface area contributed by atoms with Crippen LogP contribution in [-0.4, -0.2) is 22.2 Å². The molecule has 0 bridgehead atoms. The molecule has 0 unspecified atom stereocenters. The molecule has 0 aliphatic carbocycles. The van der Waals surface area contributed by atoms with Crippen molar-refractivity contribution in [3.8, 4) is 5.75 Å². The maximum Gasteiger partial charge on any atom is 0.573 e. The van der Waals surface area contributed by atoms with E-state index in [0.29, 0.717) is 22.3 Å². The van der Waals surface area contributed by atoms with Crippen molar-refractivity contribution in [2.75, 3.05) is 10.6 Å². The van der Waals surface area contributed by atoms with E-state index in [0.717, 1.165) is 10.5 Å². The second-order valence-electron chi connectivity index (χ2n) is 6.59. The molecular weight excluding hydrogens is 513 g/mol. The fraction of sp³-hybridized carbons (Fsp3) is 0.0476. The number of carbonyl (C=O) groups excluding carboxylic acids is 1. The first-order valence-electron chi connectivity index (χ1n) is 9.05. The highest BCUT2D eigenvalue weighted by Crippen LogP contribution is 2.34. The first-order valence-corrected chi connectivity index (χ1v) is 10.2. The van der Waals surface area contributed by atoms with E-state index in [1.807, 2.05) is 0 Å². The molecule has 1 heterocycles. The number of carbonyl (C=O) groups is 1. The first kappa shape index (κ1) is 22.0. The maximum atomic E-state index is 12.7. The fourth-order valence-electron chi connectivity index (χ4n) is 2.88. The van der Waals surface area contributed by atoms with Gasteiger partial charge in [-0.05, 0) is 54.6 Å². The van der Waals surface area contributed by atoms with Crippen LogP contribution < -0.4 is 15.4 Å². The lowest BCUT2D eigenvalue weighted by molar-refractivity contribution is -0.274. The van der Waals surface area contributed by atoms with E-state index < -0.39 is 12.1 Å². The molecule has 4 aromatic rings. The van der Waals surface area contributed by atoms with E-state index in [4.69, 9.17) is 11.6 Å². The average Bonchev–Trinajstić information content (AvgIpc) is 3.12. The highest BCUT2D eigenvalue weighted by molar-refractivity contribution is 9.10. The molecule has 1 aromatic heterocycles. The van der Waals surface area contributed by atoms with Crippen molar-refractivity contribution < 1.29 is 22.7 Å². The van der Waals surface area contributed by atoms with Crippen molar-refractivity contribution in [2.45, 2.75) is 6.36 Å². The Balaban J connectivity index is 1.56. The maximum absolute atomic E-state index is 12.7. The molecule has 3 N–H and O–H groups in total. The average molecular weight is 526 g/mol. The van der Waals surface area contributed by atoms with E-state index in [1.54, 1.807) is 42.5 Å². The summed E-state index contributed by atoms with van der Waals surface area (Å²) in [5, 5.41) is 5.62. The Labute approximate surface area is 192 Å². The number of benzene rings is 3. The number of ether oxygens (including phenoxy) is 1. The normalized spacial score (nSPS) is 11.4. The molecule has 0 radical (unpaired) electrons. The molecule has 0 saturated carbocycles.